The molecule has 1 N–H and O–H groups in total. The van der Waals surface area contributed by atoms with Crippen molar-refractivity contribution >= 4 is 27.7 Å². The Morgan fingerprint density at radius 1 is 1.68 bits per heavy atom. The molecule has 0 amide bonds. The van der Waals surface area contributed by atoms with Crippen LogP contribution in [0.4, 0.5) is 5.82 Å². The summed E-state index contributed by atoms with van der Waals surface area (Å²) in [4.78, 5) is 22.1. The van der Waals surface area contributed by atoms with Crippen LogP contribution >= 0.6 is 15.9 Å². The van der Waals surface area contributed by atoms with E-state index in [4.69, 9.17) is 0 Å². The average Bonchev–Trinajstić information content (AvgIpc) is 2.46. The molecular formula is C12H17BrN4O2. The Kier molecular flexibility index (Phi) is 4.71. The van der Waals surface area contributed by atoms with Crippen LogP contribution in [0.2, 0.25) is 0 Å². The number of hydrogen-bond donors (Lipinski definition) is 1. The van der Waals surface area contributed by atoms with Crippen LogP contribution in [0.25, 0.3) is 0 Å². The third-order valence-corrected chi connectivity index (χ3v) is 3.69. The molecule has 0 unspecified atom stereocenters. The van der Waals surface area contributed by atoms with Gasteiger partial charge in [0.05, 0.1) is 13.3 Å². The van der Waals surface area contributed by atoms with Gasteiger partial charge >= 0.3 is 5.97 Å². The first-order chi connectivity index (χ1) is 9.15. The highest BCUT2D eigenvalue weighted by Crippen LogP contribution is 2.23. The van der Waals surface area contributed by atoms with Gasteiger partial charge in [0.15, 0.2) is 11.5 Å². The third-order valence-electron chi connectivity index (χ3n) is 3.15. The van der Waals surface area contributed by atoms with Gasteiger partial charge in [0.25, 0.3) is 0 Å². The lowest BCUT2D eigenvalue weighted by Gasteiger charge is -2.34. The minimum Gasteiger partial charge on any atom is -0.464 e. The number of carbonyl (C=O) groups is 1. The number of nitrogens with one attached hydrogen (secondary N) is 1. The Labute approximate surface area is 120 Å². The van der Waals surface area contributed by atoms with Gasteiger partial charge in [-0.05, 0) is 22.4 Å². The largest absolute Gasteiger partial charge is 0.464 e. The molecular weight excluding hydrogens is 312 g/mol. The minimum absolute atomic E-state index is 0.209. The second-order valence-corrected chi connectivity index (χ2v) is 5.12. The van der Waals surface area contributed by atoms with Crippen molar-refractivity contribution in [3.05, 3.63) is 16.5 Å². The van der Waals surface area contributed by atoms with Crippen LogP contribution in [0, 0.1) is 0 Å². The lowest BCUT2D eigenvalue weighted by Crippen LogP contribution is -2.50. The maximum absolute atomic E-state index is 11.4. The maximum Gasteiger partial charge on any atom is 0.358 e. The average molecular weight is 329 g/mol. The Bertz CT molecular complexity index is 469. The number of piperazine rings is 1. The monoisotopic (exact) mass is 328 g/mol. The first-order valence-electron chi connectivity index (χ1n) is 6.25. The Balaban J connectivity index is 2.18. The normalized spacial score (nSPS) is 19.3. The van der Waals surface area contributed by atoms with Gasteiger partial charge in [0, 0.05) is 25.7 Å². The van der Waals surface area contributed by atoms with E-state index in [2.05, 4.69) is 47.8 Å². The first kappa shape index (κ1) is 14.2. The van der Waals surface area contributed by atoms with Crippen LogP contribution < -0.4 is 10.2 Å². The summed E-state index contributed by atoms with van der Waals surface area (Å²) in [7, 11) is 1.33. The van der Waals surface area contributed by atoms with E-state index in [-0.39, 0.29) is 5.69 Å². The van der Waals surface area contributed by atoms with Crippen molar-refractivity contribution in [2.75, 3.05) is 31.6 Å². The van der Waals surface area contributed by atoms with Crippen LogP contribution in [-0.4, -0.2) is 48.7 Å². The molecule has 104 valence electrons. The number of nitrogens with zero attached hydrogens (tertiary/aromatic N) is 3. The minimum atomic E-state index is -0.480. The van der Waals surface area contributed by atoms with Crippen LogP contribution in [0.1, 0.15) is 23.8 Å². The first-order valence-corrected chi connectivity index (χ1v) is 7.04. The van der Waals surface area contributed by atoms with Gasteiger partial charge in [-0.2, -0.15) is 0 Å². The molecule has 1 aromatic rings. The van der Waals surface area contributed by atoms with E-state index in [1.54, 1.807) is 0 Å². The summed E-state index contributed by atoms with van der Waals surface area (Å²) in [6, 6.07) is 0.461. The number of anilines is 1. The standard InChI is InChI=1S/C12H17BrN4O2/c1-3-8-7-17(5-4-14-8)11-10(13)16-9(6-15-11)12(18)19-2/h6,8,14H,3-5,7H2,1-2H3/t8-/m0/s1. The summed E-state index contributed by atoms with van der Waals surface area (Å²) in [5, 5.41) is 3.45. The fourth-order valence-electron chi connectivity index (χ4n) is 2.07. The van der Waals surface area contributed by atoms with Crippen LogP contribution in [0.3, 0.4) is 0 Å². The third kappa shape index (κ3) is 3.22. The molecule has 1 atom stereocenters. The maximum atomic E-state index is 11.4. The Hall–Kier alpha value is -1.21. The lowest BCUT2D eigenvalue weighted by molar-refractivity contribution is 0.0593. The number of halogens is 1. The van der Waals surface area contributed by atoms with E-state index >= 15 is 0 Å². The van der Waals surface area contributed by atoms with Crippen molar-refractivity contribution in [3.63, 3.8) is 0 Å². The summed E-state index contributed by atoms with van der Waals surface area (Å²) in [5.74, 6) is 0.291. The molecule has 0 saturated carbocycles. The van der Waals surface area contributed by atoms with Crippen molar-refractivity contribution in [3.8, 4) is 0 Å². The van der Waals surface area contributed by atoms with Crippen molar-refractivity contribution in [2.45, 2.75) is 19.4 Å². The van der Waals surface area contributed by atoms with Crippen molar-refractivity contribution < 1.29 is 9.53 Å². The number of aromatic nitrogens is 2. The molecule has 2 rings (SSSR count). The quantitative estimate of drug-likeness (QED) is 0.841. The highest BCUT2D eigenvalue weighted by Gasteiger charge is 2.22. The van der Waals surface area contributed by atoms with E-state index in [9.17, 15) is 4.79 Å². The second kappa shape index (κ2) is 6.29. The number of ether oxygens (including phenoxy) is 1. The van der Waals surface area contributed by atoms with Gasteiger partial charge in [-0.1, -0.05) is 6.92 Å². The van der Waals surface area contributed by atoms with Gasteiger partial charge in [-0.15, -0.1) is 0 Å². The predicted octanol–water partition coefficient (Wildman–Crippen LogP) is 1.21. The van der Waals surface area contributed by atoms with Crippen LogP contribution in [0.15, 0.2) is 10.8 Å². The molecule has 1 aromatic heterocycles. The van der Waals surface area contributed by atoms with Gasteiger partial charge < -0.3 is 15.0 Å². The summed E-state index contributed by atoms with van der Waals surface area (Å²) >= 11 is 3.38. The van der Waals surface area contributed by atoms with Crippen molar-refractivity contribution in [2.24, 2.45) is 0 Å². The van der Waals surface area contributed by atoms with E-state index in [1.807, 2.05) is 0 Å². The number of methoxy groups -OCH3 is 1. The predicted molar refractivity (Wildman–Crippen MR) is 75.4 cm³/mol. The number of esters is 1. The molecule has 1 saturated heterocycles. The summed E-state index contributed by atoms with van der Waals surface area (Å²) in [6.07, 6.45) is 2.52. The fraction of sp³-hybridized carbons (Fsp3) is 0.583. The number of carbonyl (C=O) groups excluding carboxylic acids is 1. The highest BCUT2D eigenvalue weighted by molar-refractivity contribution is 9.10. The zero-order valence-electron chi connectivity index (χ0n) is 11.0. The molecule has 0 spiro atoms. The van der Waals surface area contributed by atoms with Gasteiger partial charge in [-0.25, -0.2) is 14.8 Å². The molecule has 2 heterocycles. The van der Waals surface area contributed by atoms with E-state index < -0.39 is 5.97 Å². The molecule has 1 aliphatic rings. The summed E-state index contributed by atoms with van der Waals surface area (Å²) < 4.78 is 5.20. The Morgan fingerprint density at radius 2 is 2.47 bits per heavy atom. The van der Waals surface area contributed by atoms with E-state index in [0.29, 0.717) is 10.6 Å². The molecule has 0 aliphatic carbocycles. The topological polar surface area (TPSA) is 67.4 Å². The molecule has 6 nitrogen and oxygen atoms in total. The van der Waals surface area contributed by atoms with Crippen LogP contribution in [0.5, 0.6) is 0 Å². The number of rotatable bonds is 3. The SMILES string of the molecule is CC[C@H]1CN(c2ncc(C(=O)OC)nc2Br)CCN1. The van der Waals surface area contributed by atoms with E-state index in [1.165, 1.54) is 13.3 Å². The van der Waals surface area contributed by atoms with Crippen LogP contribution in [-0.2, 0) is 4.74 Å². The molecule has 7 heteroatoms. The summed E-state index contributed by atoms with van der Waals surface area (Å²) in [6.45, 7) is 4.84. The number of hydrogen-bond acceptors (Lipinski definition) is 6. The fourth-order valence-corrected chi connectivity index (χ4v) is 2.61. The summed E-state index contributed by atoms with van der Waals surface area (Å²) in [5.41, 5.74) is 0.209. The molecule has 1 fully saturated rings. The van der Waals surface area contributed by atoms with Crippen molar-refractivity contribution in [1.29, 1.82) is 0 Å². The molecule has 0 bridgehead atoms. The zero-order chi connectivity index (χ0) is 13.8. The van der Waals surface area contributed by atoms with Gasteiger partial charge in [-0.3, -0.25) is 0 Å². The molecule has 0 radical (unpaired) electrons. The second-order valence-electron chi connectivity index (χ2n) is 4.37. The molecule has 0 aromatic carbocycles. The lowest BCUT2D eigenvalue weighted by atomic mass is 10.1. The molecule has 19 heavy (non-hydrogen) atoms. The van der Waals surface area contributed by atoms with Gasteiger partial charge in [0.2, 0.25) is 0 Å². The van der Waals surface area contributed by atoms with E-state index in [0.717, 1.165) is 31.9 Å². The molecule has 1 aliphatic heterocycles. The Morgan fingerprint density at radius 3 is 3.11 bits per heavy atom. The zero-order valence-corrected chi connectivity index (χ0v) is 12.6. The van der Waals surface area contributed by atoms with Crippen molar-refractivity contribution in [1.82, 2.24) is 15.3 Å². The smallest absolute Gasteiger partial charge is 0.358 e. The van der Waals surface area contributed by atoms with Gasteiger partial charge in [0.1, 0.15) is 4.60 Å². The highest BCUT2D eigenvalue weighted by atomic mass is 79.9.